The van der Waals surface area contributed by atoms with Crippen LogP contribution in [0.3, 0.4) is 0 Å². The van der Waals surface area contributed by atoms with Gasteiger partial charge in [0.2, 0.25) is 0 Å². The second-order valence-corrected chi connectivity index (χ2v) is 8.82. The van der Waals surface area contributed by atoms with Crippen molar-refractivity contribution in [2.75, 3.05) is 25.0 Å². The Morgan fingerprint density at radius 1 is 1.36 bits per heavy atom. The number of carbonyl (C=O) groups excluding carboxylic acids is 1. The number of ether oxygens (including phenoxy) is 1. The minimum absolute atomic E-state index is 0.0822. The van der Waals surface area contributed by atoms with Crippen LogP contribution in [0.25, 0.3) is 10.2 Å². The summed E-state index contributed by atoms with van der Waals surface area (Å²) in [6.07, 6.45) is -2.42. The van der Waals surface area contributed by atoms with Gasteiger partial charge in [0.05, 0.1) is 22.5 Å². The van der Waals surface area contributed by atoms with Crippen LogP contribution in [0.2, 0.25) is 0 Å². The average molecular weight is 483 g/mol. The SMILES string of the molecule is Cc1c(C(N)=O)sc2ncnc(Nc3ccc(F)cc3OC3CCCN(CC(F)(F)F)C3)c12. The summed E-state index contributed by atoms with van der Waals surface area (Å²) in [5.41, 5.74) is 6.44. The van der Waals surface area contributed by atoms with Crippen LogP contribution in [0.4, 0.5) is 29.1 Å². The van der Waals surface area contributed by atoms with E-state index < -0.39 is 30.5 Å². The number of hydrogen-bond donors (Lipinski definition) is 2. The Labute approximate surface area is 190 Å². The topological polar surface area (TPSA) is 93.4 Å². The molecule has 0 aliphatic carbocycles. The number of nitrogens with zero attached hydrogens (tertiary/aromatic N) is 3. The van der Waals surface area contributed by atoms with Gasteiger partial charge < -0.3 is 15.8 Å². The van der Waals surface area contributed by atoms with Gasteiger partial charge in [-0.3, -0.25) is 9.69 Å². The van der Waals surface area contributed by atoms with Crippen LogP contribution in [0.1, 0.15) is 28.1 Å². The molecule has 0 spiro atoms. The van der Waals surface area contributed by atoms with Gasteiger partial charge in [0, 0.05) is 12.6 Å². The highest BCUT2D eigenvalue weighted by Gasteiger charge is 2.33. The van der Waals surface area contributed by atoms with Gasteiger partial charge in [-0.05, 0) is 44.0 Å². The first-order valence-corrected chi connectivity index (χ1v) is 11.0. The molecule has 33 heavy (non-hydrogen) atoms. The molecule has 0 radical (unpaired) electrons. The van der Waals surface area contributed by atoms with Gasteiger partial charge in [0.15, 0.2) is 0 Å². The number of alkyl halides is 3. The van der Waals surface area contributed by atoms with Crippen molar-refractivity contribution in [3.05, 3.63) is 40.8 Å². The molecule has 4 rings (SSSR count). The minimum Gasteiger partial charge on any atom is -0.487 e. The summed E-state index contributed by atoms with van der Waals surface area (Å²) >= 11 is 1.14. The minimum atomic E-state index is -4.30. The zero-order valence-electron chi connectivity index (χ0n) is 17.6. The monoisotopic (exact) mass is 483 g/mol. The van der Waals surface area contributed by atoms with Crippen LogP contribution >= 0.6 is 11.3 Å². The summed E-state index contributed by atoms with van der Waals surface area (Å²) < 4.78 is 58.3. The summed E-state index contributed by atoms with van der Waals surface area (Å²) in [6.45, 7) is 1.12. The van der Waals surface area contributed by atoms with Crippen LogP contribution in [0.5, 0.6) is 5.75 Å². The molecule has 1 aliphatic rings. The van der Waals surface area contributed by atoms with Crippen LogP contribution in [0.15, 0.2) is 24.5 Å². The fourth-order valence-electron chi connectivity index (χ4n) is 3.91. The second-order valence-electron chi connectivity index (χ2n) is 7.82. The number of anilines is 2. The molecular formula is C21H21F4N5O2S. The molecule has 1 saturated heterocycles. The molecular weight excluding hydrogens is 462 g/mol. The Balaban J connectivity index is 1.60. The number of fused-ring (bicyclic) bond motifs is 1. The highest BCUT2D eigenvalue weighted by Crippen LogP contribution is 2.37. The molecule has 0 bridgehead atoms. The van der Waals surface area contributed by atoms with E-state index >= 15 is 0 Å². The lowest BCUT2D eigenvalue weighted by molar-refractivity contribution is -0.150. The Hall–Kier alpha value is -2.99. The van der Waals surface area contributed by atoms with Gasteiger partial charge in [-0.1, -0.05) is 0 Å². The van der Waals surface area contributed by atoms with Crippen LogP contribution in [-0.4, -0.2) is 52.7 Å². The number of likely N-dealkylation sites (tertiary alicyclic amines) is 1. The van der Waals surface area contributed by atoms with E-state index in [1.807, 2.05) is 0 Å². The van der Waals surface area contributed by atoms with E-state index in [1.54, 1.807) is 6.92 Å². The summed E-state index contributed by atoms with van der Waals surface area (Å²) in [7, 11) is 0. The second kappa shape index (κ2) is 9.10. The third-order valence-corrected chi connectivity index (χ3v) is 6.52. The van der Waals surface area contributed by atoms with Gasteiger partial charge in [0.25, 0.3) is 5.91 Å². The summed E-state index contributed by atoms with van der Waals surface area (Å²) in [5, 5.41) is 3.69. The predicted molar refractivity (Wildman–Crippen MR) is 116 cm³/mol. The van der Waals surface area contributed by atoms with E-state index in [1.165, 1.54) is 29.4 Å². The molecule has 3 aromatic rings. The number of nitrogens with one attached hydrogen (secondary N) is 1. The first-order chi connectivity index (χ1) is 15.6. The van der Waals surface area contributed by atoms with Gasteiger partial charge in [-0.2, -0.15) is 13.2 Å². The van der Waals surface area contributed by atoms with E-state index in [0.29, 0.717) is 51.5 Å². The van der Waals surface area contributed by atoms with Crippen LogP contribution < -0.4 is 15.8 Å². The summed E-state index contributed by atoms with van der Waals surface area (Å²) in [5.74, 6) is -0.592. The Bertz CT molecular complexity index is 1180. The zero-order valence-corrected chi connectivity index (χ0v) is 18.4. The Morgan fingerprint density at radius 2 is 2.15 bits per heavy atom. The lowest BCUT2D eigenvalue weighted by Crippen LogP contribution is -2.45. The van der Waals surface area contributed by atoms with E-state index in [0.717, 1.165) is 11.3 Å². The molecule has 1 amide bonds. The number of piperidine rings is 1. The molecule has 7 nitrogen and oxygen atoms in total. The number of rotatable bonds is 6. The number of aromatic nitrogens is 2. The number of nitrogens with two attached hydrogens (primary N) is 1. The number of aryl methyl sites for hydroxylation is 1. The molecule has 1 aliphatic heterocycles. The van der Waals surface area contributed by atoms with Gasteiger partial charge in [-0.15, -0.1) is 11.3 Å². The molecule has 12 heteroatoms. The molecule has 1 unspecified atom stereocenters. The van der Waals surface area contributed by atoms with Crippen molar-refractivity contribution in [3.63, 3.8) is 0 Å². The van der Waals surface area contributed by atoms with Crippen molar-refractivity contribution in [3.8, 4) is 5.75 Å². The van der Waals surface area contributed by atoms with Crippen LogP contribution in [0, 0.1) is 12.7 Å². The molecule has 1 atom stereocenters. The maximum atomic E-state index is 14.0. The highest BCUT2D eigenvalue weighted by molar-refractivity contribution is 7.20. The molecule has 0 saturated carbocycles. The average Bonchev–Trinajstić information content (AvgIpc) is 3.07. The lowest BCUT2D eigenvalue weighted by atomic mass is 10.1. The number of halogens is 4. The van der Waals surface area contributed by atoms with Gasteiger partial charge in [0.1, 0.15) is 34.6 Å². The maximum Gasteiger partial charge on any atom is 0.401 e. The van der Waals surface area contributed by atoms with Crippen molar-refractivity contribution in [2.24, 2.45) is 5.73 Å². The molecule has 1 fully saturated rings. The Morgan fingerprint density at radius 3 is 2.88 bits per heavy atom. The first-order valence-electron chi connectivity index (χ1n) is 10.2. The summed E-state index contributed by atoms with van der Waals surface area (Å²) in [4.78, 5) is 22.3. The Kier molecular flexibility index (Phi) is 6.39. The number of amides is 1. The van der Waals surface area contributed by atoms with E-state index in [2.05, 4.69) is 15.3 Å². The van der Waals surface area contributed by atoms with E-state index in [-0.39, 0.29) is 12.3 Å². The number of benzene rings is 1. The third-order valence-electron chi connectivity index (χ3n) is 5.31. The van der Waals surface area contributed by atoms with Gasteiger partial charge >= 0.3 is 6.18 Å². The fraction of sp³-hybridized carbons (Fsp3) is 0.381. The molecule has 1 aromatic carbocycles. The highest BCUT2D eigenvalue weighted by atomic mass is 32.1. The largest absolute Gasteiger partial charge is 0.487 e. The van der Waals surface area contributed by atoms with Crippen molar-refractivity contribution in [1.82, 2.24) is 14.9 Å². The normalized spacial score (nSPS) is 17.3. The van der Waals surface area contributed by atoms with Crippen molar-refractivity contribution in [2.45, 2.75) is 32.0 Å². The molecule has 2 aromatic heterocycles. The summed E-state index contributed by atoms with van der Waals surface area (Å²) in [6, 6.07) is 3.88. The number of thiophene rings is 1. The standard InChI is InChI=1S/C21H21F4N5O2S/c1-11-16-19(27-10-28-20(16)33-17(11)18(26)31)29-14-5-4-12(22)7-15(14)32-13-3-2-6-30(8-13)9-21(23,24)25/h4-5,7,10,13H,2-3,6,8-9H2,1H3,(H2,26,31)(H,27,28,29). The predicted octanol–water partition coefficient (Wildman–Crippen LogP) is 4.39. The lowest BCUT2D eigenvalue weighted by Gasteiger charge is -2.33. The van der Waals surface area contributed by atoms with Crippen molar-refractivity contribution >= 4 is 39.0 Å². The molecule has 3 heterocycles. The number of carbonyl (C=O) groups is 1. The first kappa shape index (κ1) is 23.2. The van der Waals surface area contributed by atoms with Crippen LogP contribution in [-0.2, 0) is 0 Å². The zero-order chi connectivity index (χ0) is 23.8. The smallest absolute Gasteiger partial charge is 0.401 e. The maximum absolute atomic E-state index is 14.0. The quantitative estimate of drug-likeness (QED) is 0.506. The van der Waals surface area contributed by atoms with Crippen molar-refractivity contribution < 1.29 is 27.1 Å². The van der Waals surface area contributed by atoms with E-state index in [4.69, 9.17) is 10.5 Å². The third kappa shape index (κ3) is 5.33. The number of primary amides is 1. The molecule has 176 valence electrons. The van der Waals surface area contributed by atoms with Gasteiger partial charge in [-0.25, -0.2) is 14.4 Å². The molecule has 3 N–H and O–H groups in total. The fourth-order valence-corrected chi connectivity index (χ4v) is 4.91. The number of hydrogen-bond acceptors (Lipinski definition) is 7. The van der Waals surface area contributed by atoms with Crippen molar-refractivity contribution in [1.29, 1.82) is 0 Å². The van der Waals surface area contributed by atoms with E-state index in [9.17, 15) is 22.4 Å².